The summed E-state index contributed by atoms with van der Waals surface area (Å²) < 4.78 is 5.45. The first kappa shape index (κ1) is 10.1. The van der Waals surface area contributed by atoms with Crippen LogP contribution in [0.2, 0.25) is 0 Å². The molecule has 0 amide bonds. The number of hydrogen-bond donors (Lipinski definition) is 0. The first-order chi connectivity index (χ1) is 7.15. The Morgan fingerprint density at radius 3 is 2.80 bits per heavy atom. The predicted octanol–water partition coefficient (Wildman–Crippen LogP) is 2.75. The summed E-state index contributed by atoms with van der Waals surface area (Å²) in [5, 5.41) is 10.7. The van der Waals surface area contributed by atoms with Gasteiger partial charge in [0.1, 0.15) is 6.10 Å². The van der Waals surface area contributed by atoms with Gasteiger partial charge >= 0.3 is 0 Å². The molecule has 1 heterocycles. The van der Waals surface area contributed by atoms with Crippen LogP contribution in [-0.4, -0.2) is 11.0 Å². The number of benzene rings is 1. The van der Waals surface area contributed by atoms with Crippen LogP contribution >= 0.6 is 0 Å². The van der Waals surface area contributed by atoms with Crippen molar-refractivity contribution in [3.05, 3.63) is 39.4 Å². The number of nitro benzene ring substituents is 1. The van der Waals surface area contributed by atoms with E-state index < -0.39 is 0 Å². The van der Waals surface area contributed by atoms with E-state index in [1.165, 1.54) is 6.07 Å². The monoisotopic (exact) mass is 207 g/mol. The minimum Gasteiger partial charge on any atom is -0.365 e. The Bertz CT molecular complexity index is 403. The van der Waals surface area contributed by atoms with Gasteiger partial charge in [-0.05, 0) is 18.9 Å². The highest BCUT2D eigenvalue weighted by molar-refractivity contribution is 5.46. The fourth-order valence-electron chi connectivity index (χ4n) is 1.87. The van der Waals surface area contributed by atoms with Gasteiger partial charge in [-0.25, -0.2) is 0 Å². The highest BCUT2D eigenvalue weighted by Crippen LogP contribution is 2.43. The maximum absolute atomic E-state index is 10.7. The maximum atomic E-state index is 10.7. The molecule has 0 spiro atoms. The van der Waals surface area contributed by atoms with Gasteiger partial charge < -0.3 is 4.74 Å². The second-order valence-electron chi connectivity index (χ2n) is 3.75. The summed E-state index contributed by atoms with van der Waals surface area (Å²) in [6.45, 7) is 3.83. The Labute approximate surface area is 88.0 Å². The number of hydrogen-bond acceptors (Lipinski definition) is 3. The first-order valence-corrected chi connectivity index (χ1v) is 5.04. The van der Waals surface area contributed by atoms with Crippen molar-refractivity contribution in [2.45, 2.75) is 32.5 Å². The van der Waals surface area contributed by atoms with Gasteiger partial charge in [-0.15, -0.1) is 0 Å². The fraction of sp³-hybridized carbons (Fsp3) is 0.455. The quantitative estimate of drug-likeness (QED) is 0.435. The molecule has 1 aromatic rings. The zero-order chi connectivity index (χ0) is 11.0. The molecular formula is C11H13NO3. The lowest BCUT2D eigenvalue weighted by atomic mass is 10.0. The van der Waals surface area contributed by atoms with Gasteiger partial charge in [0, 0.05) is 11.6 Å². The van der Waals surface area contributed by atoms with Gasteiger partial charge in [0.2, 0.25) is 0 Å². The third-order valence-corrected chi connectivity index (χ3v) is 2.84. The zero-order valence-corrected chi connectivity index (χ0v) is 8.77. The van der Waals surface area contributed by atoms with E-state index in [-0.39, 0.29) is 22.8 Å². The van der Waals surface area contributed by atoms with Gasteiger partial charge in [0.15, 0.2) is 0 Å². The summed E-state index contributed by atoms with van der Waals surface area (Å²) in [6.07, 6.45) is 1.26. The molecule has 0 bridgehead atoms. The van der Waals surface area contributed by atoms with Crippen molar-refractivity contribution in [1.29, 1.82) is 0 Å². The zero-order valence-electron chi connectivity index (χ0n) is 8.77. The molecule has 2 unspecified atom stereocenters. The minimum atomic E-state index is -0.345. The molecule has 1 aliphatic heterocycles. The van der Waals surface area contributed by atoms with Gasteiger partial charge in [0.25, 0.3) is 5.69 Å². The second kappa shape index (κ2) is 3.62. The Morgan fingerprint density at radius 2 is 2.27 bits per heavy atom. The van der Waals surface area contributed by atoms with E-state index in [0.29, 0.717) is 0 Å². The molecule has 4 nitrogen and oxygen atoms in total. The van der Waals surface area contributed by atoms with Crippen molar-refractivity contribution in [2.75, 3.05) is 0 Å². The van der Waals surface area contributed by atoms with Crippen LogP contribution in [0.5, 0.6) is 0 Å². The SMILES string of the molecule is CCC1OC1c1cccc([N+](=O)[O-])c1C. The topological polar surface area (TPSA) is 55.7 Å². The lowest BCUT2D eigenvalue weighted by Gasteiger charge is -2.02. The standard InChI is InChI=1S/C11H13NO3/c1-3-10-11(15-10)8-5-4-6-9(7(8)2)12(13)14/h4-6,10-11H,3H2,1-2H3. The van der Waals surface area contributed by atoms with E-state index in [9.17, 15) is 10.1 Å². The van der Waals surface area contributed by atoms with Crippen LogP contribution in [0.15, 0.2) is 18.2 Å². The summed E-state index contributed by atoms with van der Waals surface area (Å²) in [6, 6.07) is 5.15. The summed E-state index contributed by atoms with van der Waals surface area (Å²) in [4.78, 5) is 10.4. The molecule has 1 fully saturated rings. The molecule has 1 saturated heterocycles. The molecule has 0 aromatic heterocycles. The predicted molar refractivity (Wildman–Crippen MR) is 55.7 cm³/mol. The van der Waals surface area contributed by atoms with Crippen LogP contribution in [0.4, 0.5) is 5.69 Å². The van der Waals surface area contributed by atoms with Crippen molar-refractivity contribution in [3.8, 4) is 0 Å². The van der Waals surface area contributed by atoms with Crippen molar-refractivity contribution in [1.82, 2.24) is 0 Å². The van der Waals surface area contributed by atoms with Crippen LogP contribution in [0.1, 0.15) is 30.6 Å². The lowest BCUT2D eigenvalue weighted by molar-refractivity contribution is -0.385. The van der Waals surface area contributed by atoms with E-state index >= 15 is 0 Å². The third-order valence-electron chi connectivity index (χ3n) is 2.84. The summed E-state index contributed by atoms with van der Waals surface area (Å²) in [5.74, 6) is 0. The van der Waals surface area contributed by atoms with Crippen molar-refractivity contribution in [3.63, 3.8) is 0 Å². The van der Waals surface area contributed by atoms with E-state index in [1.54, 1.807) is 13.0 Å². The number of nitro groups is 1. The van der Waals surface area contributed by atoms with Crippen molar-refractivity contribution in [2.24, 2.45) is 0 Å². The summed E-state index contributed by atoms with van der Waals surface area (Å²) in [7, 11) is 0. The molecule has 15 heavy (non-hydrogen) atoms. The summed E-state index contributed by atoms with van der Waals surface area (Å²) >= 11 is 0. The smallest absolute Gasteiger partial charge is 0.272 e. The normalized spacial score (nSPS) is 23.9. The number of nitrogens with zero attached hydrogens (tertiary/aromatic N) is 1. The van der Waals surface area contributed by atoms with E-state index in [4.69, 9.17) is 4.74 Å². The van der Waals surface area contributed by atoms with Gasteiger partial charge in [-0.3, -0.25) is 10.1 Å². The number of rotatable bonds is 3. The average Bonchev–Trinajstić information content (AvgIpc) is 2.96. The molecule has 2 atom stereocenters. The molecule has 2 rings (SSSR count). The lowest BCUT2D eigenvalue weighted by Crippen LogP contribution is -1.96. The van der Waals surface area contributed by atoms with Gasteiger partial charge in [-0.2, -0.15) is 0 Å². The minimum absolute atomic E-state index is 0.0647. The first-order valence-electron chi connectivity index (χ1n) is 5.04. The summed E-state index contributed by atoms with van der Waals surface area (Å²) in [5.41, 5.74) is 1.86. The van der Waals surface area contributed by atoms with E-state index in [1.807, 2.05) is 6.07 Å². The number of ether oxygens (including phenoxy) is 1. The molecule has 1 aliphatic rings. The number of epoxide rings is 1. The molecular weight excluding hydrogens is 194 g/mol. The van der Waals surface area contributed by atoms with E-state index in [2.05, 4.69) is 6.92 Å². The molecule has 0 saturated carbocycles. The van der Waals surface area contributed by atoms with Crippen molar-refractivity contribution < 1.29 is 9.66 Å². The van der Waals surface area contributed by atoms with Crippen LogP contribution < -0.4 is 0 Å². The third kappa shape index (κ3) is 1.72. The second-order valence-corrected chi connectivity index (χ2v) is 3.75. The highest BCUT2D eigenvalue weighted by atomic mass is 16.6. The Morgan fingerprint density at radius 1 is 1.53 bits per heavy atom. The average molecular weight is 207 g/mol. The molecule has 80 valence electrons. The molecule has 1 aromatic carbocycles. The Balaban J connectivity index is 2.33. The molecule has 0 N–H and O–H groups in total. The molecule has 0 aliphatic carbocycles. The molecule has 0 radical (unpaired) electrons. The largest absolute Gasteiger partial charge is 0.365 e. The fourth-order valence-corrected chi connectivity index (χ4v) is 1.87. The van der Waals surface area contributed by atoms with E-state index in [0.717, 1.165) is 17.5 Å². The van der Waals surface area contributed by atoms with Crippen LogP contribution in [-0.2, 0) is 4.74 Å². The van der Waals surface area contributed by atoms with Crippen LogP contribution in [0.3, 0.4) is 0 Å². The van der Waals surface area contributed by atoms with Crippen molar-refractivity contribution >= 4 is 5.69 Å². The Kier molecular flexibility index (Phi) is 2.44. The van der Waals surface area contributed by atoms with Gasteiger partial charge in [0.05, 0.1) is 11.0 Å². The molecule has 4 heteroatoms. The van der Waals surface area contributed by atoms with Crippen LogP contribution in [0, 0.1) is 17.0 Å². The van der Waals surface area contributed by atoms with Crippen LogP contribution in [0.25, 0.3) is 0 Å². The highest BCUT2D eigenvalue weighted by Gasteiger charge is 2.40. The maximum Gasteiger partial charge on any atom is 0.272 e. The van der Waals surface area contributed by atoms with Gasteiger partial charge in [-0.1, -0.05) is 19.1 Å². The Hall–Kier alpha value is -1.42.